The molecule has 0 N–H and O–H groups in total. The van der Waals surface area contributed by atoms with Gasteiger partial charge in [-0.25, -0.2) is 9.67 Å². The summed E-state index contributed by atoms with van der Waals surface area (Å²) in [5.41, 5.74) is 0.945. The number of nitrogens with zero attached hydrogens (tertiary/aromatic N) is 3. The van der Waals surface area contributed by atoms with E-state index < -0.39 is 0 Å². The van der Waals surface area contributed by atoms with Crippen molar-refractivity contribution in [3.05, 3.63) is 48.4 Å². The monoisotopic (exact) mass is 185 g/mol. The second-order valence-corrected chi connectivity index (χ2v) is 2.87. The summed E-state index contributed by atoms with van der Waals surface area (Å²) in [6.07, 6.45) is 7.55. The Morgan fingerprint density at radius 2 is 2.21 bits per heavy atom. The van der Waals surface area contributed by atoms with E-state index in [4.69, 9.17) is 0 Å². The van der Waals surface area contributed by atoms with Gasteiger partial charge >= 0.3 is 0 Å². The van der Waals surface area contributed by atoms with Gasteiger partial charge in [0.15, 0.2) is 5.82 Å². The zero-order valence-corrected chi connectivity index (χ0v) is 7.96. The molecular formula is C11H11N3. The largest absolute Gasteiger partial charge is 0.229 e. The van der Waals surface area contributed by atoms with Gasteiger partial charge in [0.25, 0.3) is 0 Å². The molecule has 3 nitrogen and oxygen atoms in total. The number of aromatic nitrogens is 3. The van der Waals surface area contributed by atoms with E-state index in [9.17, 15) is 0 Å². The van der Waals surface area contributed by atoms with Crippen LogP contribution in [0.5, 0.6) is 0 Å². The minimum absolute atomic E-state index is 0.839. The zero-order chi connectivity index (χ0) is 9.80. The van der Waals surface area contributed by atoms with Crippen molar-refractivity contribution in [3.63, 3.8) is 0 Å². The zero-order valence-electron chi connectivity index (χ0n) is 7.96. The van der Waals surface area contributed by atoms with Crippen LogP contribution in [0, 0.1) is 0 Å². The van der Waals surface area contributed by atoms with Crippen LogP contribution in [0.25, 0.3) is 11.9 Å². The predicted molar refractivity (Wildman–Crippen MR) is 56.1 cm³/mol. The molecule has 2 rings (SSSR count). The third-order valence-corrected chi connectivity index (χ3v) is 1.83. The highest BCUT2D eigenvalue weighted by Gasteiger charge is 1.96. The van der Waals surface area contributed by atoms with Crippen molar-refractivity contribution in [2.75, 3.05) is 0 Å². The number of pyridine rings is 1. The highest BCUT2D eigenvalue weighted by atomic mass is 15.3. The third kappa shape index (κ3) is 1.71. The Morgan fingerprint density at radius 1 is 1.29 bits per heavy atom. The van der Waals surface area contributed by atoms with Crippen molar-refractivity contribution in [2.24, 2.45) is 0 Å². The number of hydrogen-bond donors (Lipinski definition) is 0. The summed E-state index contributed by atoms with van der Waals surface area (Å²) in [6.45, 7) is 1.97. The van der Waals surface area contributed by atoms with Gasteiger partial charge in [-0.2, -0.15) is 5.10 Å². The number of rotatable bonds is 2. The van der Waals surface area contributed by atoms with E-state index in [1.807, 2.05) is 49.5 Å². The Morgan fingerprint density at radius 3 is 2.93 bits per heavy atom. The van der Waals surface area contributed by atoms with Gasteiger partial charge in [-0.15, -0.1) is 0 Å². The second kappa shape index (κ2) is 3.87. The maximum atomic E-state index is 4.42. The molecule has 0 unspecified atom stereocenters. The van der Waals surface area contributed by atoms with Crippen molar-refractivity contribution in [1.82, 2.24) is 14.8 Å². The highest BCUT2D eigenvalue weighted by Crippen LogP contribution is 2.05. The number of allylic oxidation sites excluding steroid dienone is 1. The van der Waals surface area contributed by atoms with Gasteiger partial charge in [0, 0.05) is 12.4 Å². The summed E-state index contributed by atoms with van der Waals surface area (Å²) in [7, 11) is 0. The minimum Gasteiger partial charge on any atom is -0.229 e. The van der Waals surface area contributed by atoms with E-state index in [1.54, 1.807) is 10.9 Å². The molecule has 2 aromatic rings. The highest BCUT2D eigenvalue weighted by molar-refractivity contribution is 5.45. The Hall–Kier alpha value is -1.90. The van der Waals surface area contributed by atoms with Crippen molar-refractivity contribution in [1.29, 1.82) is 0 Å². The molecule has 70 valence electrons. The average Bonchev–Trinajstić information content (AvgIpc) is 2.71. The van der Waals surface area contributed by atoms with Crippen molar-refractivity contribution in [2.45, 2.75) is 6.92 Å². The smallest absolute Gasteiger partial charge is 0.153 e. The lowest BCUT2D eigenvalue weighted by molar-refractivity contribution is 0.845. The van der Waals surface area contributed by atoms with Gasteiger partial charge in [-0.3, -0.25) is 0 Å². The van der Waals surface area contributed by atoms with Crippen LogP contribution < -0.4 is 0 Å². The van der Waals surface area contributed by atoms with E-state index in [2.05, 4.69) is 10.1 Å². The van der Waals surface area contributed by atoms with E-state index in [-0.39, 0.29) is 0 Å². The van der Waals surface area contributed by atoms with Crippen molar-refractivity contribution < 1.29 is 0 Å². The SMILES string of the molecule is C/C=C/c1cccc(-n2cccn2)n1. The molecule has 0 spiro atoms. The molecule has 2 aromatic heterocycles. The molecule has 3 heteroatoms. The van der Waals surface area contributed by atoms with Crippen LogP contribution in [0.2, 0.25) is 0 Å². The van der Waals surface area contributed by atoms with Crippen molar-refractivity contribution in [3.8, 4) is 5.82 Å². The molecular weight excluding hydrogens is 174 g/mol. The van der Waals surface area contributed by atoms with Gasteiger partial charge in [0.05, 0.1) is 5.69 Å². The van der Waals surface area contributed by atoms with E-state index in [0.29, 0.717) is 0 Å². The molecule has 0 aliphatic heterocycles. The van der Waals surface area contributed by atoms with Crippen LogP contribution >= 0.6 is 0 Å². The standard InChI is InChI=1S/C11H11N3/c1-2-5-10-6-3-7-11(13-10)14-9-4-8-12-14/h2-9H,1H3/b5-2+. The Kier molecular flexibility index (Phi) is 2.40. The van der Waals surface area contributed by atoms with Crippen LogP contribution in [-0.4, -0.2) is 14.8 Å². The van der Waals surface area contributed by atoms with Crippen LogP contribution in [0.1, 0.15) is 12.6 Å². The normalized spacial score (nSPS) is 10.9. The molecule has 0 aliphatic carbocycles. The fourth-order valence-corrected chi connectivity index (χ4v) is 1.24. The molecule has 0 fully saturated rings. The summed E-state index contributed by atoms with van der Waals surface area (Å²) in [5, 5.41) is 4.12. The summed E-state index contributed by atoms with van der Waals surface area (Å²) in [4.78, 5) is 4.42. The molecule has 0 radical (unpaired) electrons. The molecule has 0 aliphatic rings. The Balaban J connectivity index is 2.40. The Labute approximate surface area is 82.7 Å². The molecule has 14 heavy (non-hydrogen) atoms. The molecule has 0 amide bonds. The van der Waals surface area contributed by atoms with Gasteiger partial charge in [0.2, 0.25) is 0 Å². The lowest BCUT2D eigenvalue weighted by atomic mass is 10.3. The minimum atomic E-state index is 0.839. The maximum Gasteiger partial charge on any atom is 0.153 e. The summed E-state index contributed by atoms with van der Waals surface area (Å²) in [6, 6.07) is 7.75. The maximum absolute atomic E-state index is 4.42. The second-order valence-electron chi connectivity index (χ2n) is 2.87. The van der Waals surface area contributed by atoms with E-state index in [1.165, 1.54) is 0 Å². The van der Waals surface area contributed by atoms with Crippen molar-refractivity contribution >= 4 is 6.08 Å². The first-order valence-electron chi connectivity index (χ1n) is 4.50. The molecule has 0 aromatic carbocycles. The predicted octanol–water partition coefficient (Wildman–Crippen LogP) is 2.30. The van der Waals surface area contributed by atoms with Crippen LogP contribution in [0.3, 0.4) is 0 Å². The van der Waals surface area contributed by atoms with E-state index >= 15 is 0 Å². The lowest BCUT2D eigenvalue weighted by Crippen LogP contribution is -1.98. The van der Waals surface area contributed by atoms with Gasteiger partial charge in [-0.1, -0.05) is 12.1 Å². The summed E-state index contributed by atoms with van der Waals surface area (Å²) >= 11 is 0. The summed E-state index contributed by atoms with van der Waals surface area (Å²) in [5.74, 6) is 0.839. The molecule has 0 atom stereocenters. The molecule has 2 heterocycles. The summed E-state index contributed by atoms with van der Waals surface area (Å²) < 4.78 is 1.74. The quantitative estimate of drug-likeness (QED) is 0.718. The van der Waals surface area contributed by atoms with E-state index in [0.717, 1.165) is 11.5 Å². The fourth-order valence-electron chi connectivity index (χ4n) is 1.24. The van der Waals surface area contributed by atoms with Gasteiger partial charge in [-0.05, 0) is 31.2 Å². The molecule has 0 saturated heterocycles. The first-order chi connectivity index (χ1) is 6.90. The lowest BCUT2D eigenvalue weighted by Gasteiger charge is -2.00. The topological polar surface area (TPSA) is 30.7 Å². The van der Waals surface area contributed by atoms with Gasteiger partial charge < -0.3 is 0 Å². The third-order valence-electron chi connectivity index (χ3n) is 1.83. The fraction of sp³-hybridized carbons (Fsp3) is 0.0909. The van der Waals surface area contributed by atoms with Crippen LogP contribution in [-0.2, 0) is 0 Å². The van der Waals surface area contributed by atoms with Crippen LogP contribution in [0.4, 0.5) is 0 Å². The Bertz CT molecular complexity index is 430. The number of hydrogen-bond acceptors (Lipinski definition) is 2. The average molecular weight is 185 g/mol. The van der Waals surface area contributed by atoms with Gasteiger partial charge in [0.1, 0.15) is 0 Å². The molecule has 0 saturated carbocycles. The first-order valence-corrected chi connectivity index (χ1v) is 4.50. The molecule has 0 bridgehead atoms. The first kappa shape index (κ1) is 8.69. The van der Waals surface area contributed by atoms with Crippen LogP contribution in [0.15, 0.2) is 42.7 Å².